The van der Waals surface area contributed by atoms with E-state index in [0.29, 0.717) is 22.0 Å². The molecule has 0 atom stereocenters. The fraction of sp³-hybridized carbons (Fsp3) is 0.190. The van der Waals surface area contributed by atoms with Gasteiger partial charge in [-0.3, -0.25) is 4.79 Å². The number of anilines is 2. The van der Waals surface area contributed by atoms with Crippen molar-refractivity contribution in [2.45, 2.75) is 12.8 Å². The maximum Gasteiger partial charge on any atom is 0.291 e. The van der Waals surface area contributed by atoms with Gasteiger partial charge in [-0.05, 0) is 49.2 Å². The number of carbonyl (C=O) groups excluding carboxylic acids is 1. The van der Waals surface area contributed by atoms with E-state index >= 15 is 0 Å². The molecule has 1 aromatic heterocycles. The number of nitrogens with one attached hydrogen (secondary N) is 1. The lowest BCUT2D eigenvalue weighted by Crippen LogP contribution is -2.21. The molecule has 1 amide bonds. The molecule has 3 aromatic rings. The van der Waals surface area contributed by atoms with E-state index in [1.165, 1.54) is 6.07 Å². The summed E-state index contributed by atoms with van der Waals surface area (Å²) in [5.74, 6) is -0.385. The molecule has 6 heteroatoms. The summed E-state index contributed by atoms with van der Waals surface area (Å²) in [5.41, 5.74) is 1.57. The first-order valence-corrected chi connectivity index (χ1v) is 9.21. The number of nitrogens with zero attached hydrogens (tertiary/aromatic N) is 1. The minimum absolute atomic E-state index is 0.0977. The van der Waals surface area contributed by atoms with Crippen molar-refractivity contribution in [3.63, 3.8) is 0 Å². The van der Waals surface area contributed by atoms with Crippen LogP contribution in [0.3, 0.4) is 0 Å². The van der Waals surface area contributed by atoms with E-state index in [0.717, 1.165) is 25.9 Å². The van der Waals surface area contributed by atoms with Crippen LogP contribution in [0, 0.1) is 5.82 Å². The van der Waals surface area contributed by atoms with E-state index in [2.05, 4.69) is 10.2 Å². The molecule has 2 heterocycles. The Balaban J connectivity index is 1.60. The number of carbonyl (C=O) groups is 1. The van der Waals surface area contributed by atoms with Crippen molar-refractivity contribution in [1.82, 2.24) is 0 Å². The normalized spacial score (nSPS) is 13.8. The molecule has 4 nitrogen and oxygen atoms in total. The van der Waals surface area contributed by atoms with Crippen LogP contribution >= 0.6 is 11.6 Å². The van der Waals surface area contributed by atoms with Gasteiger partial charge in [-0.25, -0.2) is 4.39 Å². The third-order valence-electron chi connectivity index (χ3n) is 4.65. The summed E-state index contributed by atoms with van der Waals surface area (Å²) >= 11 is 6.18. The largest absolute Gasteiger partial charge is 0.451 e. The highest BCUT2D eigenvalue weighted by Crippen LogP contribution is 2.33. The zero-order valence-corrected chi connectivity index (χ0v) is 15.3. The van der Waals surface area contributed by atoms with Gasteiger partial charge in [-0.1, -0.05) is 29.8 Å². The fourth-order valence-electron chi connectivity index (χ4n) is 3.30. The molecule has 0 bridgehead atoms. The standard InChI is InChI=1S/C21H18ClFN2O2/c22-15-7-2-1-6-14(15)18-10-11-19(27-18)21(26)24-20-16(23)8-5-9-17(20)25-12-3-4-13-25/h1-2,5-11H,3-4,12-13H2,(H,24,26). The molecular weight excluding hydrogens is 367 g/mol. The van der Waals surface area contributed by atoms with Crippen LogP contribution in [0.15, 0.2) is 59.0 Å². The average molecular weight is 385 g/mol. The second-order valence-electron chi connectivity index (χ2n) is 6.43. The number of halogens is 2. The van der Waals surface area contributed by atoms with Gasteiger partial charge in [-0.2, -0.15) is 0 Å². The van der Waals surface area contributed by atoms with E-state index < -0.39 is 11.7 Å². The summed E-state index contributed by atoms with van der Waals surface area (Å²) in [7, 11) is 0. The van der Waals surface area contributed by atoms with E-state index in [4.69, 9.17) is 16.0 Å². The predicted octanol–water partition coefficient (Wildman–Crippen LogP) is 5.59. The Bertz CT molecular complexity index is 980. The topological polar surface area (TPSA) is 45.5 Å². The van der Waals surface area contributed by atoms with Gasteiger partial charge in [-0.15, -0.1) is 0 Å². The number of amides is 1. The van der Waals surface area contributed by atoms with E-state index in [-0.39, 0.29) is 11.4 Å². The van der Waals surface area contributed by atoms with Gasteiger partial charge >= 0.3 is 0 Å². The summed E-state index contributed by atoms with van der Waals surface area (Å²) in [6, 6.07) is 15.3. The first kappa shape index (κ1) is 17.6. The maximum absolute atomic E-state index is 14.4. The van der Waals surface area contributed by atoms with Gasteiger partial charge in [0.25, 0.3) is 5.91 Å². The number of rotatable bonds is 4. The van der Waals surface area contributed by atoms with Crippen molar-refractivity contribution in [2.24, 2.45) is 0 Å². The molecule has 1 saturated heterocycles. The van der Waals surface area contributed by atoms with Crippen molar-refractivity contribution in [1.29, 1.82) is 0 Å². The number of benzene rings is 2. The summed E-state index contributed by atoms with van der Waals surface area (Å²) in [4.78, 5) is 14.7. The molecule has 4 rings (SSSR count). The molecule has 0 unspecified atom stereocenters. The van der Waals surface area contributed by atoms with Crippen molar-refractivity contribution >= 4 is 28.9 Å². The number of furan rings is 1. The summed E-state index contributed by atoms with van der Waals surface area (Å²) in [5, 5.41) is 3.20. The van der Waals surface area contributed by atoms with Crippen LogP contribution in [0.2, 0.25) is 5.02 Å². The highest BCUT2D eigenvalue weighted by Gasteiger charge is 2.21. The highest BCUT2D eigenvalue weighted by molar-refractivity contribution is 6.33. The van der Waals surface area contributed by atoms with Crippen LogP contribution in [-0.2, 0) is 0 Å². The maximum atomic E-state index is 14.4. The lowest BCUT2D eigenvalue weighted by molar-refractivity contribution is 0.0997. The summed E-state index contributed by atoms with van der Waals surface area (Å²) < 4.78 is 20.1. The molecule has 1 N–H and O–H groups in total. The van der Waals surface area contributed by atoms with E-state index in [9.17, 15) is 9.18 Å². The molecule has 2 aromatic carbocycles. The van der Waals surface area contributed by atoms with Crippen LogP contribution < -0.4 is 10.2 Å². The van der Waals surface area contributed by atoms with Crippen molar-refractivity contribution < 1.29 is 13.6 Å². The molecule has 138 valence electrons. The third-order valence-corrected chi connectivity index (χ3v) is 4.98. The first-order valence-electron chi connectivity index (χ1n) is 8.83. The van der Waals surface area contributed by atoms with Crippen molar-refractivity contribution in [3.05, 3.63) is 71.2 Å². The molecular formula is C21H18ClFN2O2. The van der Waals surface area contributed by atoms with Gasteiger partial charge in [0, 0.05) is 18.7 Å². The SMILES string of the molecule is O=C(Nc1c(F)cccc1N1CCCC1)c1ccc(-c2ccccc2Cl)o1. The van der Waals surface area contributed by atoms with Gasteiger partial charge < -0.3 is 14.6 Å². The Labute approximate surface area is 161 Å². The minimum Gasteiger partial charge on any atom is -0.451 e. The van der Waals surface area contributed by atoms with Gasteiger partial charge in [0.05, 0.1) is 10.7 Å². The third kappa shape index (κ3) is 3.55. The predicted molar refractivity (Wildman–Crippen MR) is 105 cm³/mol. The zero-order chi connectivity index (χ0) is 18.8. The second kappa shape index (κ2) is 7.45. The molecule has 1 aliphatic heterocycles. The lowest BCUT2D eigenvalue weighted by Gasteiger charge is -2.21. The smallest absolute Gasteiger partial charge is 0.291 e. The Kier molecular flexibility index (Phi) is 4.86. The molecule has 0 aliphatic carbocycles. The van der Waals surface area contributed by atoms with Crippen LogP contribution in [0.1, 0.15) is 23.4 Å². The van der Waals surface area contributed by atoms with Crippen molar-refractivity contribution in [2.75, 3.05) is 23.3 Å². The Hall–Kier alpha value is -2.79. The van der Waals surface area contributed by atoms with Gasteiger partial charge in [0.1, 0.15) is 17.3 Å². The molecule has 0 radical (unpaired) electrons. The van der Waals surface area contributed by atoms with Gasteiger partial charge in [0.2, 0.25) is 0 Å². The number of hydrogen-bond donors (Lipinski definition) is 1. The average Bonchev–Trinajstić information content (AvgIpc) is 3.35. The zero-order valence-electron chi connectivity index (χ0n) is 14.5. The van der Waals surface area contributed by atoms with Gasteiger partial charge in [0.15, 0.2) is 5.76 Å². The second-order valence-corrected chi connectivity index (χ2v) is 6.83. The number of para-hydroxylation sites is 1. The minimum atomic E-state index is -0.501. The first-order chi connectivity index (χ1) is 13.1. The van der Waals surface area contributed by atoms with Crippen LogP contribution in [-0.4, -0.2) is 19.0 Å². The van der Waals surface area contributed by atoms with Crippen molar-refractivity contribution in [3.8, 4) is 11.3 Å². The summed E-state index contributed by atoms with van der Waals surface area (Å²) in [6.45, 7) is 1.70. The quantitative estimate of drug-likeness (QED) is 0.637. The summed E-state index contributed by atoms with van der Waals surface area (Å²) in [6.07, 6.45) is 2.12. The van der Waals surface area contributed by atoms with E-state index in [1.54, 1.807) is 24.3 Å². The lowest BCUT2D eigenvalue weighted by atomic mass is 10.2. The van der Waals surface area contributed by atoms with Crippen LogP contribution in [0.5, 0.6) is 0 Å². The fourth-order valence-corrected chi connectivity index (χ4v) is 3.53. The van der Waals surface area contributed by atoms with Crippen LogP contribution in [0.4, 0.5) is 15.8 Å². The molecule has 0 spiro atoms. The monoisotopic (exact) mass is 384 g/mol. The molecule has 1 aliphatic rings. The Morgan fingerprint density at radius 1 is 1.04 bits per heavy atom. The van der Waals surface area contributed by atoms with E-state index in [1.807, 2.05) is 24.3 Å². The number of hydrogen-bond acceptors (Lipinski definition) is 3. The Morgan fingerprint density at radius 3 is 2.59 bits per heavy atom. The highest BCUT2D eigenvalue weighted by atomic mass is 35.5. The van der Waals surface area contributed by atoms with Crippen LogP contribution in [0.25, 0.3) is 11.3 Å². The molecule has 1 fully saturated rings. The Morgan fingerprint density at radius 2 is 1.81 bits per heavy atom. The molecule has 27 heavy (non-hydrogen) atoms. The molecule has 0 saturated carbocycles.